The van der Waals surface area contributed by atoms with Crippen LogP contribution in [0.1, 0.15) is 24.7 Å². The largest absolute Gasteiger partial charge is 0.484 e. The van der Waals surface area contributed by atoms with Gasteiger partial charge < -0.3 is 24.5 Å². The summed E-state index contributed by atoms with van der Waals surface area (Å²) in [5.41, 5.74) is 2.13. The predicted molar refractivity (Wildman–Crippen MR) is 96.7 cm³/mol. The molecule has 3 heterocycles. The van der Waals surface area contributed by atoms with Crippen LogP contribution in [0.4, 0.5) is 9.18 Å². The number of benzene rings is 1. The average Bonchev–Trinajstić information content (AvgIpc) is 3.38. The van der Waals surface area contributed by atoms with E-state index in [1.807, 2.05) is 11.0 Å². The Hall–Kier alpha value is -3.03. The Balaban J connectivity index is 1.41. The highest BCUT2D eigenvalue weighted by Gasteiger charge is 2.22. The van der Waals surface area contributed by atoms with E-state index in [9.17, 15) is 9.18 Å². The van der Waals surface area contributed by atoms with Crippen LogP contribution in [0.5, 0.6) is 5.75 Å². The summed E-state index contributed by atoms with van der Waals surface area (Å²) in [4.78, 5) is 17.2. The Bertz CT molecular complexity index is 938. The van der Waals surface area contributed by atoms with Crippen molar-refractivity contribution in [2.75, 3.05) is 13.1 Å². The number of hydrogen-bond donors (Lipinski definition) is 2. The molecule has 2 aromatic heterocycles. The lowest BCUT2D eigenvalue weighted by molar-refractivity contribution is 0.207. The van der Waals surface area contributed by atoms with Crippen LogP contribution in [0.15, 0.2) is 35.1 Å². The zero-order valence-electron chi connectivity index (χ0n) is 15.0. The molecule has 0 aliphatic carbocycles. The summed E-state index contributed by atoms with van der Waals surface area (Å²) < 4.78 is 24.5. The number of fused-ring (bicyclic) bond motifs is 1. The molecule has 0 radical (unpaired) electrons. The van der Waals surface area contributed by atoms with Gasteiger partial charge in [-0.25, -0.2) is 9.18 Å². The number of halogens is 1. The van der Waals surface area contributed by atoms with Crippen LogP contribution in [0.25, 0.3) is 10.9 Å². The first-order chi connectivity index (χ1) is 13.1. The number of nitrogens with zero attached hydrogens (tertiary/aromatic N) is 2. The third-order valence-electron chi connectivity index (χ3n) is 4.74. The summed E-state index contributed by atoms with van der Waals surface area (Å²) in [6, 6.07) is 6.44. The summed E-state index contributed by atoms with van der Waals surface area (Å²) in [5.74, 6) is 0.225. The minimum Gasteiger partial charge on any atom is -0.484 e. The number of carbonyl (C=O) groups is 1. The van der Waals surface area contributed by atoms with E-state index in [0.717, 1.165) is 36.1 Å². The topological polar surface area (TPSA) is 83.4 Å². The zero-order chi connectivity index (χ0) is 18.8. The number of carbonyl (C=O) groups excluding carboxylic acids is 1. The summed E-state index contributed by atoms with van der Waals surface area (Å²) >= 11 is 0. The fourth-order valence-corrected chi connectivity index (χ4v) is 3.26. The van der Waals surface area contributed by atoms with Crippen LogP contribution in [0.2, 0.25) is 0 Å². The molecule has 0 unspecified atom stereocenters. The molecule has 142 valence electrons. The van der Waals surface area contributed by atoms with E-state index in [-0.39, 0.29) is 18.4 Å². The van der Waals surface area contributed by atoms with Crippen molar-refractivity contribution in [3.05, 3.63) is 47.7 Å². The quantitative estimate of drug-likeness (QED) is 0.719. The first-order valence-corrected chi connectivity index (χ1v) is 8.94. The summed E-state index contributed by atoms with van der Waals surface area (Å²) in [5, 5.41) is 7.36. The summed E-state index contributed by atoms with van der Waals surface area (Å²) in [6.45, 7) is 4.20. The maximum absolute atomic E-state index is 14.3. The zero-order valence-corrected chi connectivity index (χ0v) is 15.0. The number of rotatable bonds is 5. The molecule has 27 heavy (non-hydrogen) atoms. The second kappa shape index (κ2) is 7.30. The number of H-pyrrole nitrogens is 1. The van der Waals surface area contributed by atoms with Crippen molar-refractivity contribution < 1.29 is 18.4 Å². The Morgan fingerprint density at radius 2 is 2.37 bits per heavy atom. The number of aromatic amines is 1. The van der Waals surface area contributed by atoms with Gasteiger partial charge in [0.1, 0.15) is 18.6 Å². The van der Waals surface area contributed by atoms with Gasteiger partial charge in [0.2, 0.25) is 0 Å². The van der Waals surface area contributed by atoms with Crippen LogP contribution >= 0.6 is 0 Å². The van der Waals surface area contributed by atoms with Gasteiger partial charge in [-0.15, -0.1) is 0 Å². The third-order valence-corrected chi connectivity index (χ3v) is 4.74. The van der Waals surface area contributed by atoms with E-state index in [1.54, 1.807) is 12.1 Å². The monoisotopic (exact) mass is 372 g/mol. The molecule has 7 nitrogen and oxygen atoms in total. The van der Waals surface area contributed by atoms with Crippen LogP contribution in [0, 0.1) is 11.7 Å². The van der Waals surface area contributed by atoms with E-state index in [4.69, 9.17) is 9.26 Å². The van der Waals surface area contributed by atoms with E-state index in [0.29, 0.717) is 18.2 Å². The fraction of sp³-hybridized carbons (Fsp3) is 0.368. The molecule has 0 saturated carbocycles. The van der Waals surface area contributed by atoms with Gasteiger partial charge in [0.15, 0.2) is 11.6 Å². The molecular formula is C19H21FN4O3. The van der Waals surface area contributed by atoms with Crippen LogP contribution in [0.3, 0.4) is 0 Å². The highest BCUT2D eigenvalue weighted by atomic mass is 19.1. The fourth-order valence-electron chi connectivity index (χ4n) is 3.26. The number of aromatic nitrogens is 2. The lowest BCUT2D eigenvalue weighted by Gasteiger charge is -2.16. The van der Waals surface area contributed by atoms with Crippen molar-refractivity contribution in [2.24, 2.45) is 5.92 Å². The van der Waals surface area contributed by atoms with E-state index in [1.165, 1.54) is 12.3 Å². The summed E-state index contributed by atoms with van der Waals surface area (Å²) in [6.07, 6.45) is 2.47. The predicted octanol–water partition coefficient (Wildman–Crippen LogP) is 3.43. The van der Waals surface area contributed by atoms with E-state index < -0.39 is 5.82 Å². The molecule has 1 aliphatic heterocycles. The van der Waals surface area contributed by atoms with Crippen molar-refractivity contribution in [2.45, 2.75) is 26.5 Å². The molecule has 1 aromatic carbocycles. The number of likely N-dealkylation sites (tertiary alicyclic amines) is 1. The molecule has 1 saturated heterocycles. The molecule has 4 rings (SSSR count). The van der Waals surface area contributed by atoms with Crippen molar-refractivity contribution in [3.8, 4) is 5.75 Å². The first-order valence-electron chi connectivity index (χ1n) is 8.94. The minimum absolute atomic E-state index is 0.0687. The second-order valence-electron chi connectivity index (χ2n) is 6.94. The third kappa shape index (κ3) is 3.89. The van der Waals surface area contributed by atoms with Gasteiger partial charge in [-0.2, -0.15) is 0 Å². The number of urea groups is 1. The molecule has 1 fully saturated rings. The van der Waals surface area contributed by atoms with Gasteiger partial charge in [0, 0.05) is 41.8 Å². The molecule has 0 bridgehead atoms. The molecule has 3 aromatic rings. The van der Waals surface area contributed by atoms with Crippen molar-refractivity contribution in [1.29, 1.82) is 0 Å². The number of amides is 2. The second-order valence-corrected chi connectivity index (χ2v) is 6.94. The van der Waals surface area contributed by atoms with E-state index in [2.05, 4.69) is 22.4 Å². The smallest absolute Gasteiger partial charge is 0.317 e. The lowest BCUT2D eigenvalue weighted by atomic mass is 10.2. The maximum Gasteiger partial charge on any atom is 0.317 e. The van der Waals surface area contributed by atoms with Crippen molar-refractivity contribution in [1.82, 2.24) is 20.4 Å². The Morgan fingerprint density at radius 3 is 3.11 bits per heavy atom. The van der Waals surface area contributed by atoms with Crippen molar-refractivity contribution in [3.63, 3.8) is 0 Å². The van der Waals surface area contributed by atoms with Gasteiger partial charge in [0.05, 0.1) is 6.54 Å². The van der Waals surface area contributed by atoms with Crippen LogP contribution < -0.4 is 10.1 Å². The number of hydrogen-bond acceptors (Lipinski definition) is 4. The highest BCUT2D eigenvalue weighted by molar-refractivity contribution is 5.82. The van der Waals surface area contributed by atoms with Gasteiger partial charge in [-0.05, 0) is 24.5 Å². The standard InChI is InChI=1S/C19H21FN4O3/c1-12-2-4-24(10-12)19(25)21-9-15-6-13-7-16(20)18(8-17(13)22-15)26-11-14-3-5-27-23-14/h3,5-8,12,22H,2,4,9-11H2,1H3,(H,21,25)/t12-/m0/s1. The van der Waals surface area contributed by atoms with Gasteiger partial charge >= 0.3 is 6.03 Å². The average molecular weight is 372 g/mol. The first kappa shape index (κ1) is 17.4. The van der Waals surface area contributed by atoms with Crippen LogP contribution in [-0.4, -0.2) is 34.2 Å². The molecule has 1 aliphatic rings. The Labute approximate surface area is 155 Å². The molecule has 2 N–H and O–H groups in total. The number of ether oxygens (including phenoxy) is 1. The SMILES string of the molecule is C[C@H]1CCN(C(=O)NCc2cc3cc(F)c(OCc4ccon4)cc3[nH]2)C1. The molecule has 0 spiro atoms. The lowest BCUT2D eigenvalue weighted by Crippen LogP contribution is -2.38. The van der Waals surface area contributed by atoms with Gasteiger partial charge in [-0.3, -0.25) is 0 Å². The molecule has 1 atom stereocenters. The Kier molecular flexibility index (Phi) is 4.70. The minimum atomic E-state index is -0.452. The highest BCUT2D eigenvalue weighted by Crippen LogP contribution is 2.26. The number of nitrogens with one attached hydrogen (secondary N) is 2. The summed E-state index contributed by atoms with van der Waals surface area (Å²) in [7, 11) is 0. The van der Waals surface area contributed by atoms with Gasteiger partial charge in [0.25, 0.3) is 0 Å². The molecular weight excluding hydrogens is 351 g/mol. The van der Waals surface area contributed by atoms with Crippen LogP contribution in [-0.2, 0) is 13.2 Å². The Morgan fingerprint density at radius 1 is 1.48 bits per heavy atom. The molecule has 2 amide bonds. The molecule has 8 heteroatoms. The van der Waals surface area contributed by atoms with Crippen molar-refractivity contribution >= 4 is 16.9 Å². The maximum atomic E-state index is 14.3. The normalized spacial score (nSPS) is 16.8. The van der Waals surface area contributed by atoms with E-state index >= 15 is 0 Å². The van der Waals surface area contributed by atoms with Gasteiger partial charge in [-0.1, -0.05) is 12.1 Å².